The highest BCUT2D eigenvalue weighted by atomic mass is 16.5. The summed E-state index contributed by atoms with van der Waals surface area (Å²) in [6, 6.07) is 23.2. The van der Waals surface area contributed by atoms with Gasteiger partial charge in [0.15, 0.2) is 29.2 Å². The molecule has 0 spiro atoms. The molecule has 1 aliphatic heterocycles. The lowest BCUT2D eigenvalue weighted by molar-refractivity contribution is -0.125. The topological polar surface area (TPSA) is 157 Å². The molecule has 2 heterocycles. The summed E-state index contributed by atoms with van der Waals surface area (Å²) in [6.45, 7) is 5.94. The maximum Gasteiger partial charge on any atom is 0.176 e. The first kappa shape index (κ1) is 41.1. The Hall–Kier alpha value is -5.55. The molecule has 0 fully saturated rings. The predicted molar refractivity (Wildman–Crippen MR) is 224 cm³/mol. The van der Waals surface area contributed by atoms with Crippen LogP contribution in [0, 0.1) is 18.4 Å². The van der Waals surface area contributed by atoms with E-state index >= 15 is 0 Å². The number of aryl methyl sites for hydroxylation is 1. The first-order valence-electron chi connectivity index (χ1n) is 19.7. The molecule has 0 amide bonds. The van der Waals surface area contributed by atoms with E-state index in [-0.39, 0.29) is 42.1 Å². The van der Waals surface area contributed by atoms with Gasteiger partial charge in [-0.3, -0.25) is 10.1 Å². The number of aromatic amines is 1. The standard InChI is InChI=1S/C47H53N3O7/c1-4-34-10-11-35-7-5-6-8-39(35)40(34)24-41-36(12-14-43(53)47(41)56-3)23-38(21-33-16-18-49-28-33)45(55)25-44(54)37(20-32-15-17-48-27-32)19-31-9-13-42(52)46(22-31)57-29-50-26-30(2)51/h5-18,22,27-28,30,37-38,45,49-51,55H,4,19-21,23-26,29H2,1-3H3,(H-,52,53)/p+1/t30-,37-,38-,45+/m0/s1. The molecule has 5 aromatic rings. The van der Waals surface area contributed by atoms with Crippen molar-refractivity contribution in [1.29, 1.82) is 0 Å². The molecular formula is C47H54N3O7+. The number of Topliss-reactive ketones (excluding diaryl/α,β-unsaturated/α-hetero) is 1. The van der Waals surface area contributed by atoms with Crippen LogP contribution in [0.5, 0.6) is 23.0 Å². The van der Waals surface area contributed by atoms with Gasteiger partial charge in [0.05, 0.1) is 25.4 Å². The Morgan fingerprint density at radius 1 is 0.912 bits per heavy atom. The number of aliphatic hydroxyl groups excluding tert-OH is 2. The minimum Gasteiger partial charge on any atom is -0.504 e. The minimum atomic E-state index is -0.984. The highest BCUT2D eigenvalue weighted by Gasteiger charge is 2.31. The number of carbonyl (C=O) groups excluding carboxylic acids is 1. The molecule has 10 nitrogen and oxygen atoms in total. The number of aliphatic hydroxyl groups is 2. The number of hydrogen-bond acceptors (Lipinski definition) is 9. The van der Waals surface area contributed by atoms with Crippen LogP contribution >= 0.6 is 0 Å². The van der Waals surface area contributed by atoms with Gasteiger partial charge in [-0.05, 0) is 101 Å². The van der Waals surface area contributed by atoms with Crippen LogP contribution in [-0.4, -0.2) is 70.0 Å². The summed E-state index contributed by atoms with van der Waals surface area (Å²) in [5.74, 6) is -0.202. The molecule has 298 valence electrons. The third-order valence-electron chi connectivity index (χ3n) is 10.8. The molecule has 0 radical (unpaired) electrons. The molecule has 4 atom stereocenters. The van der Waals surface area contributed by atoms with Crippen LogP contribution in [0.15, 0.2) is 102 Å². The van der Waals surface area contributed by atoms with E-state index in [0.29, 0.717) is 44.4 Å². The number of carbonyl (C=O) groups is 1. The fourth-order valence-electron chi connectivity index (χ4n) is 7.83. The van der Waals surface area contributed by atoms with E-state index in [1.165, 1.54) is 11.1 Å². The van der Waals surface area contributed by atoms with E-state index in [2.05, 4.69) is 46.5 Å². The first-order chi connectivity index (χ1) is 27.6. The largest absolute Gasteiger partial charge is 0.504 e. The number of nitrogens with one attached hydrogen (secondary N) is 2. The highest BCUT2D eigenvalue weighted by Crippen LogP contribution is 2.38. The maximum atomic E-state index is 14.4. The van der Waals surface area contributed by atoms with E-state index < -0.39 is 18.1 Å². The van der Waals surface area contributed by atoms with Crippen LogP contribution in [0.1, 0.15) is 60.1 Å². The summed E-state index contributed by atoms with van der Waals surface area (Å²) in [5.41, 5.74) is 6.91. The zero-order valence-corrected chi connectivity index (χ0v) is 32.9. The predicted octanol–water partition coefficient (Wildman–Crippen LogP) is 7.19. The molecule has 1 aliphatic rings. The molecule has 0 saturated carbocycles. The van der Waals surface area contributed by atoms with Gasteiger partial charge >= 0.3 is 0 Å². The summed E-state index contributed by atoms with van der Waals surface area (Å²) in [6.07, 6.45) is 8.96. The molecule has 0 unspecified atom stereocenters. The number of nitrogens with zero attached hydrogens (tertiary/aromatic N) is 1. The monoisotopic (exact) mass is 772 g/mol. The summed E-state index contributed by atoms with van der Waals surface area (Å²) < 4.78 is 11.6. The van der Waals surface area contributed by atoms with Crippen molar-refractivity contribution in [3.8, 4) is 23.0 Å². The second-order valence-electron chi connectivity index (χ2n) is 15.0. The van der Waals surface area contributed by atoms with Crippen molar-refractivity contribution in [3.05, 3.63) is 137 Å². The smallest absolute Gasteiger partial charge is 0.176 e. The average Bonchev–Trinajstić information content (AvgIpc) is 3.93. The maximum absolute atomic E-state index is 14.4. The van der Waals surface area contributed by atoms with Gasteiger partial charge in [-0.2, -0.15) is 0 Å². The molecule has 0 bridgehead atoms. The number of H-pyrrole nitrogens is 1. The van der Waals surface area contributed by atoms with Gasteiger partial charge in [-0.25, -0.2) is 0 Å². The van der Waals surface area contributed by atoms with Crippen LogP contribution in [0.2, 0.25) is 0 Å². The molecule has 0 aliphatic carbocycles. The van der Waals surface area contributed by atoms with Crippen LogP contribution in [0.4, 0.5) is 0 Å². The zero-order valence-electron chi connectivity index (χ0n) is 32.9. The van der Waals surface area contributed by atoms with Gasteiger partial charge in [-0.1, -0.05) is 55.5 Å². The molecular weight excluding hydrogens is 719 g/mol. The molecule has 4 aromatic carbocycles. The normalized spacial score (nSPS) is 14.5. The number of methoxy groups -OCH3 is 1. The summed E-state index contributed by atoms with van der Waals surface area (Å²) in [7, 11) is 1.57. The summed E-state index contributed by atoms with van der Waals surface area (Å²) >= 11 is 0. The average molecular weight is 773 g/mol. The number of allylic oxidation sites excluding steroid dienone is 1. The molecule has 6 N–H and O–H groups in total. The Kier molecular flexibility index (Phi) is 14.1. The first-order valence-corrected chi connectivity index (χ1v) is 19.7. The van der Waals surface area contributed by atoms with E-state index in [9.17, 15) is 25.2 Å². The highest BCUT2D eigenvalue weighted by molar-refractivity contribution is 5.88. The number of hydrogen-bond donors (Lipinski definition) is 6. The van der Waals surface area contributed by atoms with Crippen molar-refractivity contribution in [2.75, 3.05) is 20.4 Å². The van der Waals surface area contributed by atoms with Crippen LogP contribution < -0.4 is 14.8 Å². The van der Waals surface area contributed by atoms with Crippen molar-refractivity contribution in [3.63, 3.8) is 0 Å². The van der Waals surface area contributed by atoms with Crippen molar-refractivity contribution in [1.82, 2.24) is 10.3 Å². The number of aliphatic imine (C=N–C) groups is 1. The number of rotatable bonds is 21. The molecule has 1 aromatic heterocycles. The number of benzene rings is 4. The third kappa shape index (κ3) is 10.7. The molecule has 57 heavy (non-hydrogen) atoms. The number of ether oxygens (including phenoxy) is 2. The van der Waals surface area contributed by atoms with Crippen molar-refractivity contribution >= 4 is 22.8 Å². The third-order valence-corrected chi connectivity index (χ3v) is 10.8. The lowest BCUT2D eigenvalue weighted by Gasteiger charge is -2.26. The zero-order chi connectivity index (χ0) is 40.3. The van der Waals surface area contributed by atoms with E-state index in [0.717, 1.165) is 45.0 Å². The number of ketones is 1. The van der Waals surface area contributed by atoms with Gasteiger partial charge in [0.2, 0.25) is 0 Å². The molecule has 6 rings (SSSR count). The minimum absolute atomic E-state index is 0.0275. The SMILES string of the molecule is CCc1ccc2ccccc2c1Cc1c(C[C@H](Cc2cc[nH]c2)[C@H](O)CC(=O)[C@H](CC2=C[CH+]N=C2)Cc2ccc(O)c(OCNC[C@H](C)O)c2)ccc(O)c1OC. The fourth-order valence-corrected chi connectivity index (χ4v) is 7.83. The fraction of sp³-hybridized carbons (Fsp3) is 0.340. The van der Waals surface area contributed by atoms with Gasteiger partial charge in [0, 0.05) is 49.7 Å². The summed E-state index contributed by atoms with van der Waals surface area (Å²) in [5, 5.41) is 48.4. The quantitative estimate of drug-likeness (QED) is 0.0260. The lowest BCUT2D eigenvalue weighted by Crippen LogP contribution is -2.31. The summed E-state index contributed by atoms with van der Waals surface area (Å²) in [4.78, 5) is 21.7. The molecule has 0 saturated heterocycles. The Labute approximate surface area is 334 Å². The Morgan fingerprint density at radius 2 is 1.72 bits per heavy atom. The van der Waals surface area contributed by atoms with Crippen molar-refractivity contribution in [2.24, 2.45) is 16.8 Å². The van der Waals surface area contributed by atoms with Crippen LogP contribution in [0.3, 0.4) is 0 Å². The van der Waals surface area contributed by atoms with Gasteiger partial charge in [0.25, 0.3) is 0 Å². The lowest BCUT2D eigenvalue weighted by atomic mass is 9.81. The Morgan fingerprint density at radius 3 is 2.46 bits per heavy atom. The number of aromatic hydroxyl groups is 2. The second kappa shape index (κ2) is 19.5. The van der Waals surface area contributed by atoms with Crippen molar-refractivity contribution in [2.45, 2.75) is 71.0 Å². The Balaban J connectivity index is 1.27. The van der Waals surface area contributed by atoms with E-state index in [1.807, 2.05) is 42.7 Å². The molecule has 10 heteroatoms. The number of aromatic nitrogens is 1. The second-order valence-corrected chi connectivity index (χ2v) is 15.0. The van der Waals surface area contributed by atoms with Gasteiger partial charge < -0.3 is 34.9 Å². The number of phenols is 2. The van der Waals surface area contributed by atoms with Gasteiger partial charge in [-0.15, -0.1) is 4.99 Å². The van der Waals surface area contributed by atoms with E-state index in [1.54, 1.807) is 51.1 Å². The van der Waals surface area contributed by atoms with E-state index in [4.69, 9.17) is 9.47 Å². The van der Waals surface area contributed by atoms with Crippen LogP contribution in [-0.2, 0) is 36.9 Å². The van der Waals surface area contributed by atoms with Crippen LogP contribution in [0.25, 0.3) is 10.8 Å². The van der Waals surface area contributed by atoms with Gasteiger partial charge in [0.1, 0.15) is 24.6 Å². The Bertz CT molecular complexity index is 2180. The number of phenolic OH excluding ortho intramolecular Hbond substituents is 2. The number of fused-ring (bicyclic) bond motifs is 1. The van der Waals surface area contributed by atoms with Crippen molar-refractivity contribution < 1.29 is 34.7 Å².